The summed E-state index contributed by atoms with van der Waals surface area (Å²) in [6.45, 7) is 0.421. The van der Waals surface area contributed by atoms with E-state index in [9.17, 15) is 4.79 Å². The highest BCUT2D eigenvalue weighted by molar-refractivity contribution is 5.71. The van der Waals surface area contributed by atoms with Gasteiger partial charge in [-0.05, 0) is 18.8 Å². The molecule has 1 rings (SSSR count). The maximum absolute atomic E-state index is 10.4. The van der Waals surface area contributed by atoms with Crippen LogP contribution in [0.15, 0.2) is 12.2 Å². The van der Waals surface area contributed by atoms with Crippen LogP contribution in [-0.4, -0.2) is 24.8 Å². The molecule has 1 aliphatic rings. The Morgan fingerprint density at radius 2 is 2.31 bits per heavy atom. The van der Waals surface area contributed by atoms with E-state index in [0.717, 1.165) is 12.8 Å². The van der Waals surface area contributed by atoms with E-state index in [2.05, 4.69) is 9.78 Å². The Bertz CT molecular complexity index is 194. The largest absolute Gasteiger partial charge is 0.481 e. The van der Waals surface area contributed by atoms with E-state index in [1.165, 1.54) is 7.11 Å². The van der Waals surface area contributed by atoms with Gasteiger partial charge in [-0.25, -0.2) is 9.78 Å². The molecule has 0 aromatic heterocycles. The van der Waals surface area contributed by atoms with Gasteiger partial charge in [0.1, 0.15) is 6.61 Å². The van der Waals surface area contributed by atoms with Crippen LogP contribution < -0.4 is 0 Å². The third-order valence-corrected chi connectivity index (χ3v) is 2.21. The smallest absolute Gasteiger partial charge is 0.306 e. The summed E-state index contributed by atoms with van der Waals surface area (Å²) in [5, 5.41) is 8.59. The summed E-state index contributed by atoms with van der Waals surface area (Å²) in [6.07, 6.45) is 5.34. The lowest BCUT2D eigenvalue weighted by Gasteiger charge is -2.29. The van der Waals surface area contributed by atoms with Gasteiger partial charge in [0.2, 0.25) is 0 Å². The van der Waals surface area contributed by atoms with E-state index < -0.39 is 5.97 Å². The van der Waals surface area contributed by atoms with Crippen LogP contribution in [0.5, 0.6) is 0 Å². The Morgan fingerprint density at radius 1 is 1.62 bits per heavy atom. The van der Waals surface area contributed by atoms with Gasteiger partial charge < -0.3 is 5.11 Å². The molecule has 13 heavy (non-hydrogen) atoms. The topological polar surface area (TPSA) is 55.8 Å². The van der Waals surface area contributed by atoms with Crippen LogP contribution in [0.2, 0.25) is 0 Å². The van der Waals surface area contributed by atoms with Crippen molar-refractivity contribution >= 4 is 5.97 Å². The molecule has 1 saturated carbocycles. The second-order valence-electron chi connectivity index (χ2n) is 3.15. The van der Waals surface area contributed by atoms with Gasteiger partial charge >= 0.3 is 5.97 Å². The third kappa shape index (κ3) is 3.16. The number of allylic oxidation sites excluding steroid dienone is 1. The molecule has 0 aromatic carbocycles. The lowest BCUT2D eigenvalue weighted by atomic mass is 9.75. The van der Waals surface area contributed by atoms with Crippen molar-refractivity contribution in [1.29, 1.82) is 0 Å². The predicted octanol–water partition coefficient (Wildman–Crippen LogP) is 1.23. The second-order valence-corrected chi connectivity index (χ2v) is 3.15. The minimum Gasteiger partial charge on any atom is -0.481 e. The maximum atomic E-state index is 10.4. The zero-order valence-electron chi connectivity index (χ0n) is 7.60. The molecule has 0 aliphatic heterocycles. The van der Waals surface area contributed by atoms with Crippen molar-refractivity contribution in [3.63, 3.8) is 0 Å². The standard InChI is InChI=1S/C9H14O4/c1-12-13-4-2-3-7-5-8(6-7)9(10)11/h2-3,7-8H,4-6H2,1H3,(H,10,11)/b3-2+. The summed E-state index contributed by atoms with van der Waals surface area (Å²) in [5.74, 6) is -0.419. The van der Waals surface area contributed by atoms with Gasteiger partial charge in [0.05, 0.1) is 13.0 Å². The Morgan fingerprint density at radius 3 is 2.85 bits per heavy atom. The molecule has 0 unspecified atom stereocenters. The molecule has 0 aromatic rings. The highest BCUT2D eigenvalue weighted by Crippen LogP contribution is 2.34. The molecule has 0 atom stereocenters. The SMILES string of the molecule is COOC/C=C/C1CC(C(=O)O)C1. The van der Waals surface area contributed by atoms with Crippen molar-refractivity contribution in [2.45, 2.75) is 12.8 Å². The molecule has 0 bridgehead atoms. The van der Waals surface area contributed by atoms with Gasteiger partial charge in [0, 0.05) is 0 Å². The van der Waals surface area contributed by atoms with E-state index in [1.807, 2.05) is 12.2 Å². The number of hydrogen-bond acceptors (Lipinski definition) is 3. The number of carbonyl (C=O) groups is 1. The predicted molar refractivity (Wildman–Crippen MR) is 46.0 cm³/mol. The van der Waals surface area contributed by atoms with Crippen molar-refractivity contribution < 1.29 is 19.7 Å². The number of aliphatic carboxylic acids is 1. The fourth-order valence-electron chi connectivity index (χ4n) is 1.38. The zero-order valence-corrected chi connectivity index (χ0v) is 7.60. The van der Waals surface area contributed by atoms with Gasteiger partial charge in [0.25, 0.3) is 0 Å². The van der Waals surface area contributed by atoms with Crippen molar-refractivity contribution in [3.05, 3.63) is 12.2 Å². The Kier molecular flexibility index (Phi) is 3.92. The minimum atomic E-state index is -0.683. The van der Waals surface area contributed by atoms with E-state index in [1.54, 1.807) is 0 Å². The fraction of sp³-hybridized carbons (Fsp3) is 0.667. The molecule has 0 spiro atoms. The number of carboxylic acid groups (broad SMARTS) is 1. The summed E-state index contributed by atoms with van der Waals surface area (Å²) in [5.41, 5.74) is 0. The summed E-state index contributed by atoms with van der Waals surface area (Å²) in [7, 11) is 1.46. The van der Waals surface area contributed by atoms with Gasteiger partial charge in [-0.15, -0.1) is 0 Å². The van der Waals surface area contributed by atoms with Crippen LogP contribution in [0.25, 0.3) is 0 Å². The van der Waals surface area contributed by atoms with E-state index in [0.29, 0.717) is 12.5 Å². The van der Waals surface area contributed by atoms with Crippen LogP contribution in [0, 0.1) is 11.8 Å². The summed E-state index contributed by atoms with van der Waals surface area (Å²) < 4.78 is 0. The first kappa shape index (κ1) is 10.2. The van der Waals surface area contributed by atoms with Crippen LogP contribution in [0.1, 0.15) is 12.8 Å². The van der Waals surface area contributed by atoms with Gasteiger partial charge in [-0.3, -0.25) is 4.79 Å². The van der Waals surface area contributed by atoms with Crippen LogP contribution in [-0.2, 0) is 14.6 Å². The number of carboxylic acids is 1. The number of hydrogen-bond donors (Lipinski definition) is 1. The van der Waals surface area contributed by atoms with E-state index >= 15 is 0 Å². The molecule has 1 aliphatic carbocycles. The molecular formula is C9H14O4. The molecule has 1 N–H and O–H groups in total. The normalized spacial score (nSPS) is 27.5. The minimum absolute atomic E-state index is 0.141. The molecule has 0 amide bonds. The summed E-state index contributed by atoms with van der Waals surface area (Å²) >= 11 is 0. The summed E-state index contributed by atoms with van der Waals surface area (Å²) in [6, 6.07) is 0. The number of rotatable bonds is 5. The first-order valence-corrected chi connectivity index (χ1v) is 4.29. The average Bonchev–Trinajstić information content (AvgIpc) is 2.00. The average molecular weight is 186 g/mol. The van der Waals surface area contributed by atoms with Crippen LogP contribution >= 0.6 is 0 Å². The van der Waals surface area contributed by atoms with Crippen molar-refractivity contribution in [2.24, 2.45) is 11.8 Å². The first-order valence-electron chi connectivity index (χ1n) is 4.29. The fourth-order valence-corrected chi connectivity index (χ4v) is 1.38. The van der Waals surface area contributed by atoms with Crippen molar-refractivity contribution in [1.82, 2.24) is 0 Å². The maximum Gasteiger partial charge on any atom is 0.306 e. The highest BCUT2D eigenvalue weighted by atomic mass is 17.2. The Balaban J connectivity index is 2.07. The van der Waals surface area contributed by atoms with Gasteiger partial charge in [0.15, 0.2) is 0 Å². The van der Waals surface area contributed by atoms with E-state index in [-0.39, 0.29) is 5.92 Å². The molecule has 4 nitrogen and oxygen atoms in total. The third-order valence-electron chi connectivity index (χ3n) is 2.21. The molecule has 4 heteroatoms. The molecule has 1 fully saturated rings. The van der Waals surface area contributed by atoms with Crippen LogP contribution in [0.3, 0.4) is 0 Å². The lowest BCUT2D eigenvalue weighted by Crippen LogP contribution is -2.28. The van der Waals surface area contributed by atoms with Crippen molar-refractivity contribution in [3.8, 4) is 0 Å². The van der Waals surface area contributed by atoms with Gasteiger partial charge in [-0.2, -0.15) is 0 Å². The zero-order chi connectivity index (χ0) is 9.68. The molecule has 0 radical (unpaired) electrons. The second kappa shape index (κ2) is 4.99. The van der Waals surface area contributed by atoms with Crippen LogP contribution in [0.4, 0.5) is 0 Å². The quantitative estimate of drug-likeness (QED) is 0.303. The molecule has 74 valence electrons. The molecule has 0 saturated heterocycles. The van der Waals surface area contributed by atoms with E-state index in [4.69, 9.17) is 5.11 Å². The molecule has 0 heterocycles. The van der Waals surface area contributed by atoms with Gasteiger partial charge in [-0.1, -0.05) is 12.2 Å². The summed E-state index contributed by atoms with van der Waals surface area (Å²) in [4.78, 5) is 19.4. The Hall–Kier alpha value is -0.870. The Labute approximate surface area is 77.1 Å². The lowest BCUT2D eigenvalue weighted by molar-refractivity contribution is -0.263. The highest BCUT2D eigenvalue weighted by Gasteiger charge is 2.32. The monoisotopic (exact) mass is 186 g/mol. The first-order chi connectivity index (χ1) is 6.24. The molecular weight excluding hydrogens is 172 g/mol. The van der Waals surface area contributed by atoms with Crippen molar-refractivity contribution in [2.75, 3.05) is 13.7 Å².